The van der Waals surface area contributed by atoms with Crippen LogP contribution in [0.4, 0.5) is 11.6 Å². The molecule has 20 heavy (non-hydrogen) atoms. The SMILES string of the molecule is CNc1cc(N(C)Cc2ccc(Cl)cc2)nc(SC)n1. The van der Waals surface area contributed by atoms with Crippen molar-refractivity contribution in [3.63, 3.8) is 0 Å². The predicted molar refractivity (Wildman–Crippen MR) is 86.9 cm³/mol. The van der Waals surface area contributed by atoms with Crippen LogP contribution in [0.3, 0.4) is 0 Å². The maximum absolute atomic E-state index is 5.90. The number of aromatic nitrogens is 2. The van der Waals surface area contributed by atoms with Crippen LogP contribution >= 0.6 is 23.4 Å². The minimum atomic E-state index is 0.751. The van der Waals surface area contributed by atoms with E-state index in [1.807, 2.05) is 50.7 Å². The van der Waals surface area contributed by atoms with Crippen molar-refractivity contribution in [2.24, 2.45) is 0 Å². The standard InChI is InChI=1S/C14H17ClN4S/c1-16-12-8-13(18-14(17-12)20-3)19(2)9-10-4-6-11(15)7-5-10/h4-8H,9H2,1-3H3,(H,16,17,18). The second kappa shape index (κ2) is 6.81. The van der Waals surface area contributed by atoms with Gasteiger partial charge in [-0.05, 0) is 24.0 Å². The summed E-state index contributed by atoms with van der Waals surface area (Å²) in [5.41, 5.74) is 1.19. The van der Waals surface area contributed by atoms with Crippen LogP contribution in [0, 0.1) is 0 Å². The zero-order chi connectivity index (χ0) is 14.5. The molecule has 2 rings (SSSR count). The lowest BCUT2D eigenvalue weighted by molar-refractivity contribution is 0.858. The number of halogens is 1. The number of hydrogen-bond donors (Lipinski definition) is 1. The Morgan fingerprint density at radius 1 is 1.25 bits per heavy atom. The molecule has 1 N–H and O–H groups in total. The Kier molecular flexibility index (Phi) is 5.09. The van der Waals surface area contributed by atoms with Crippen LogP contribution in [0.1, 0.15) is 5.56 Å². The van der Waals surface area contributed by atoms with Crippen LogP contribution in [-0.2, 0) is 6.54 Å². The van der Waals surface area contributed by atoms with E-state index in [9.17, 15) is 0 Å². The van der Waals surface area contributed by atoms with E-state index in [1.54, 1.807) is 0 Å². The second-order valence-corrected chi connectivity index (χ2v) is 5.54. The molecule has 0 atom stereocenters. The van der Waals surface area contributed by atoms with E-state index in [1.165, 1.54) is 17.3 Å². The molecular formula is C14H17ClN4S. The highest BCUT2D eigenvalue weighted by Crippen LogP contribution is 2.21. The molecule has 1 aromatic carbocycles. The fraction of sp³-hybridized carbons (Fsp3) is 0.286. The lowest BCUT2D eigenvalue weighted by atomic mass is 10.2. The zero-order valence-electron chi connectivity index (χ0n) is 11.7. The van der Waals surface area contributed by atoms with Gasteiger partial charge < -0.3 is 10.2 Å². The van der Waals surface area contributed by atoms with Gasteiger partial charge in [0.05, 0.1) is 0 Å². The summed E-state index contributed by atoms with van der Waals surface area (Å²) >= 11 is 7.43. The first-order valence-corrected chi connectivity index (χ1v) is 7.79. The zero-order valence-corrected chi connectivity index (χ0v) is 13.3. The van der Waals surface area contributed by atoms with Crippen LogP contribution in [-0.4, -0.2) is 30.3 Å². The molecule has 2 aromatic rings. The van der Waals surface area contributed by atoms with Gasteiger partial charge in [0.2, 0.25) is 0 Å². The molecule has 0 saturated carbocycles. The summed E-state index contributed by atoms with van der Waals surface area (Å²) in [6.07, 6.45) is 1.97. The molecule has 1 aromatic heterocycles. The average molecular weight is 309 g/mol. The maximum atomic E-state index is 5.90. The summed E-state index contributed by atoms with van der Waals surface area (Å²) in [4.78, 5) is 11.0. The molecule has 0 unspecified atom stereocenters. The Morgan fingerprint density at radius 2 is 1.95 bits per heavy atom. The van der Waals surface area contributed by atoms with Crippen LogP contribution in [0.5, 0.6) is 0 Å². The van der Waals surface area contributed by atoms with Crippen molar-refractivity contribution in [2.75, 3.05) is 30.6 Å². The van der Waals surface area contributed by atoms with E-state index >= 15 is 0 Å². The minimum absolute atomic E-state index is 0.751. The van der Waals surface area contributed by atoms with Gasteiger partial charge in [-0.25, -0.2) is 9.97 Å². The number of benzene rings is 1. The van der Waals surface area contributed by atoms with Crippen molar-refractivity contribution < 1.29 is 0 Å². The molecule has 1 heterocycles. The molecular weight excluding hydrogens is 292 g/mol. The molecule has 6 heteroatoms. The van der Waals surface area contributed by atoms with E-state index in [4.69, 9.17) is 11.6 Å². The van der Waals surface area contributed by atoms with E-state index in [2.05, 4.69) is 20.2 Å². The van der Waals surface area contributed by atoms with Crippen molar-refractivity contribution >= 4 is 35.0 Å². The van der Waals surface area contributed by atoms with E-state index < -0.39 is 0 Å². The van der Waals surface area contributed by atoms with Gasteiger partial charge in [0.15, 0.2) is 5.16 Å². The van der Waals surface area contributed by atoms with Gasteiger partial charge in [0, 0.05) is 31.7 Å². The molecule has 0 aliphatic carbocycles. The Morgan fingerprint density at radius 3 is 2.55 bits per heavy atom. The molecule has 0 radical (unpaired) electrons. The Hall–Kier alpha value is -1.46. The third-order valence-corrected chi connectivity index (χ3v) is 3.65. The third-order valence-electron chi connectivity index (χ3n) is 2.85. The van der Waals surface area contributed by atoms with Gasteiger partial charge in [-0.1, -0.05) is 35.5 Å². The number of nitrogens with zero attached hydrogens (tertiary/aromatic N) is 3. The van der Waals surface area contributed by atoms with Gasteiger partial charge >= 0.3 is 0 Å². The van der Waals surface area contributed by atoms with E-state index in [0.717, 1.165) is 28.4 Å². The van der Waals surface area contributed by atoms with Gasteiger partial charge in [-0.3, -0.25) is 0 Å². The van der Waals surface area contributed by atoms with Gasteiger partial charge in [-0.15, -0.1) is 0 Å². The van der Waals surface area contributed by atoms with Crippen LogP contribution in [0.25, 0.3) is 0 Å². The lowest BCUT2D eigenvalue weighted by Crippen LogP contribution is -2.18. The first-order chi connectivity index (χ1) is 9.62. The van der Waals surface area contributed by atoms with Crippen LogP contribution < -0.4 is 10.2 Å². The largest absolute Gasteiger partial charge is 0.373 e. The highest BCUT2D eigenvalue weighted by atomic mass is 35.5. The maximum Gasteiger partial charge on any atom is 0.191 e. The monoisotopic (exact) mass is 308 g/mol. The molecule has 0 fully saturated rings. The summed E-state index contributed by atoms with van der Waals surface area (Å²) in [5, 5.41) is 4.57. The molecule has 0 bridgehead atoms. The Balaban J connectivity index is 2.19. The van der Waals surface area contributed by atoms with Crippen molar-refractivity contribution in [1.29, 1.82) is 0 Å². The number of hydrogen-bond acceptors (Lipinski definition) is 5. The van der Waals surface area contributed by atoms with Gasteiger partial charge in [0.25, 0.3) is 0 Å². The van der Waals surface area contributed by atoms with Crippen molar-refractivity contribution in [3.8, 4) is 0 Å². The lowest BCUT2D eigenvalue weighted by Gasteiger charge is -2.19. The molecule has 106 valence electrons. The summed E-state index contributed by atoms with van der Waals surface area (Å²) in [6, 6.07) is 9.78. The van der Waals surface area contributed by atoms with Crippen LogP contribution in [0.2, 0.25) is 5.02 Å². The number of rotatable bonds is 5. The fourth-order valence-corrected chi connectivity index (χ4v) is 2.27. The van der Waals surface area contributed by atoms with Crippen molar-refractivity contribution in [2.45, 2.75) is 11.7 Å². The van der Waals surface area contributed by atoms with Crippen LogP contribution in [0.15, 0.2) is 35.5 Å². The van der Waals surface area contributed by atoms with Crippen molar-refractivity contribution in [1.82, 2.24) is 9.97 Å². The summed E-state index contributed by atoms with van der Waals surface area (Å²) in [7, 11) is 3.87. The molecule has 0 amide bonds. The minimum Gasteiger partial charge on any atom is -0.373 e. The summed E-state index contributed by atoms with van der Waals surface area (Å²) in [5.74, 6) is 1.71. The number of anilines is 2. The molecule has 0 saturated heterocycles. The average Bonchev–Trinajstić information content (AvgIpc) is 2.48. The van der Waals surface area contributed by atoms with Gasteiger partial charge in [0.1, 0.15) is 11.6 Å². The van der Waals surface area contributed by atoms with Gasteiger partial charge in [-0.2, -0.15) is 0 Å². The first-order valence-electron chi connectivity index (χ1n) is 6.19. The van der Waals surface area contributed by atoms with E-state index in [0.29, 0.717) is 0 Å². The summed E-state index contributed by atoms with van der Waals surface area (Å²) in [6.45, 7) is 0.769. The normalized spacial score (nSPS) is 10.4. The summed E-state index contributed by atoms with van der Waals surface area (Å²) < 4.78 is 0. The fourth-order valence-electron chi connectivity index (χ4n) is 1.77. The van der Waals surface area contributed by atoms with E-state index in [-0.39, 0.29) is 0 Å². The Bertz CT molecular complexity index is 552. The number of thioether (sulfide) groups is 1. The second-order valence-electron chi connectivity index (χ2n) is 4.33. The molecule has 0 aliphatic rings. The molecule has 4 nitrogen and oxygen atoms in total. The molecule has 0 aliphatic heterocycles. The predicted octanol–water partition coefficient (Wildman–Crippen LogP) is 3.53. The smallest absolute Gasteiger partial charge is 0.191 e. The highest BCUT2D eigenvalue weighted by Gasteiger charge is 2.08. The highest BCUT2D eigenvalue weighted by molar-refractivity contribution is 7.98. The third kappa shape index (κ3) is 3.77. The Labute approximate surface area is 128 Å². The van der Waals surface area contributed by atoms with Crippen molar-refractivity contribution in [3.05, 3.63) is 40.9 Å². The number of nitrogens with one attached hydrogen (secondary N) is 1. The molecule has 0 spiro atoms. The first kappa shape index (κ1) is 14.9. The quantitative estimate of drug-likeness (QED) is 0.676. The topological polar surface area (TPSA) is 41.0 Å².